The standard InChI is InChI=1S/C16H17N/c1-17(2)16-10-6-9-15(13-16)12-11-14-7-4-3-5-8-14/h3-13H,1-2H3/b12-11-. The first kappa shape index (κ1) is 11.5. The Hall–Kier alpha value is -2.02. The molecule has 0 N–H and O–H groups in total. The lowest BCUT2D eigenvalue weighted by atomic mass is 10.1. The van der Waals surface area contributed by atoms with Crippen molar-refractivity contribution in [1.29, 1.82) is 0 Å². The summed E-state index contributed by atoms with van der Waals surface area (Å²) < 4.78 is 0. The van der Waals surface area contributed by atoms with Gasteiger partial charge >= 0.3 is 0 Å². The first-order valence-corrected chi connectivity index (χ1v) is 5.76. The first-order valence-electron chi connectivity index (χ1n) is 5.76. The summed E-state index contributed by atoms with van der Waals surface area (Å²) in [5.41, 5.74) is 3.67. The van der Waals surface area contributed by atoms with Crippen LogP contribution in [-0.4, -0.2) is 14.1 Å². The summed E-state index contributed by atoms with van der Waals surface area (Å²) >= 11 is 0. The van der Waals surface area contributed by atoms with E-state index in [1.807, 2.05) is 6.07 Å². The number of hydrogen-bond acceptors (Lipinski definition) is 1. The maximum Gasteiger partial charge on any atom is 0.0367 e. The number of nitrogens with zero attached hydrogens (tertiary/aromatic N) is 1. The Morgan fingerprint density at radius 1 is 0.765 bits per heavy atom. The van der Waals surface area contributed by atoms with Gasteiger partial charge in [0.25, 0.3) is 0 Å². The molecule has 0 saturated heterocycles. The highest BCUT2D eigenvalue weighted by Gasteiger charge is 1.94. The Bertz CT molecular complexity index is 498. The maximum absolute atomic E-state index is 2.18. The molecule has 0 aliphatic carbocycles. The monoisotopic (exact) mass is 223 g/mol. The predicted octanol–water partition coefficient (Wildman–Crippen LogP) is 3.92. The minimum atomic E-state index is 1.22. The summed E-state index contributed by atoms with van der Waals surface area (Å²) in [5, 5.41) is 0. The SMILES string of the molecule is CN(C)c1cccc(/C=C\c2ccccc2)c1. The van der Waals surface area contributed by atoms with Crippen molar-refractivity contribution in [3.05, 3.63) is 65.7 Å². The van der Waals surface area contributed by atoms with Gasteiger partial charge in [0, 0.05) is 19.8 Å². The smallest absolute Gasteiger partial charge is 0.0367 e. The third kappa shape index (κ3) is 3.22. The van der Waals surface area contributed by atoms with Crippen molar-refractivity contribution in [1.82, 2.24) is 0 Å². The second-order valence-electron chi connectivity index (χ2n) is 4.23. The predicted molar refractivity (Wildman–Crippen MR) is 76.1 cm³/mol. The van der Waals surface area contributed by atoms with E-state index in [1.54, 1.807) is 0 Å². The topological polar surface area (TPSA) is 3.24 Å². The van der Waals surface area contributed by atoms with Crippen molar-refractivity contribution in [2.24, 2.45) is 0 Å². The normalized spacial score (nSPS) is 10.7. The molecule has 2 aromatic rings. The molecule has 0 spiro atoms. The Kier molecular flexibility index (Phi) is 3.61. The van der Waals surface area contributed by atoms with Gasteiger partial charge < -0.3 is 4.90 Å². The largest absolute Gasteiger partial charge is 0.378 e. The van der Waals surface area contributed by atoms with Crippen LogP contribution < -0.4 is 4.90 Å². The van der Waals surface area contributed by atoms with E-state index in [4.69, 9.17) is 0 Å². The zero-order chi connectivity index (χ0) is 12.1. The highest BCUT2D eigenvalue weighted by molar-refractivity contribution is 5.71. The van der Waals surface area contributed by atoms with Crippen LogP contribution in [0.3, 0.4) is 0 Å². The molecule has 0 aliphatic heterocycles. The van der Waals surface area contributed by atoms with Gasteiger partial charge in [-0.25, -0.2) is 0 Å². The Labute approximate surface area is 103 Å². The molecule has 1 nitrogen and oxygen atoms in total. The third-order valence-electron chi connectivity index (χ3n) is 2.65. The molecular weight excluding hydrogens is 206 g/mol. The van der Waals surface area contributed by atoms with E-state index in [2.05, 4.69) is 79.7 Å². The van der Waals surface area contributed by atoms with Gasteiger partial charge in [-0.1, -0.05) is 54.6 Å². The molecule has 0 aromatic heterocycles. The van der Waals surface area contributed by atoms with Crippen molar-refractivity contribution < 1.29 is 0 Å². The highest BCUT2D eigenvalue weighted by atomic mass is 15.1. The van der Waals surface area contributed by atoms with E-state index < -0.39 is 0 Å². The van der Waals surface area contributed by atoms with Crippen LogP contribution in [0.4, 0.5) is 5.69 Å². The fourth-order valence-electron chi connectivity index (χ4n) is 1.66. The summed E-state index contributed by atoms with van der Waals surface area (Å²) in [6.07, 6.45) is 4.27. The molecular formula is C16H17N. The van der Waals surface area contributed by atoms with Crippen LogP contribution in [0.5, 0.6) is 0 Å². The lowest BCUT2D eigenvalue weighted by Gasteiger charge is -2.12. The summed E-state index contributed by atoms with van der Waals surface area (Å²) in [5.74, 6) is 0. The molecule has 17 heavy (non-hydrogen) atoms. The summed E-state index contributed by atoms with van der Waals surface area (Å²) in [6, 6.07) is 18.8. The van der Waals surface area contributed by atoms with Gasteiger partial charge in [-0.05, 0) is 23.3 Å². The van der Waals surface area contributed by atoms with Crippen LogP contribution in [0.1, 0.15) is 11.1 Å². The zero-order valence-electron chi connectivity index (χ0n) is 10.3. The molecule has 0 atom stereocenters. The number of benzene rings is 2. The fourth-order valence-corrected chi connectivity index (χ4v) is 1.66. The molecule has 86 valence electrons. The average Bonchev–Trinajstić information content (AvgIpc) is 2.38. The number of hydrogen-bond donors (Lipinski definition) is 0. The maximum atomic E-state index is 2.18. The zero-order valence-corrected chi connectivity index (χ0v) is 10.3. The van der Waals surface area contributed by atoms with Gasteiger partial charge in [-0.2, -0.15) is 0 Å². The molecule has 0 bridgehead atoms. The van der Waals surface area contributed by atoms with Crippen LogP contribution in [0.15, 0.2) is 54.6 Å². The molecule has 0 fully saturated rings. The molecule has 0 aliphatic rings. The summed E-state index contributed by atoms with van der Waals surface area (Å²) in [4.78, 5) is 2.11. The lowest BCUT2D eigenvalue weighted by Crippen LogP contribution is -2.08. The Morgan fingerprint density at radius 2 is 1.41 bits per heavy atom. The van der Waals surface area contributed by atoms with E-state index >= 15 is 0 Å². The minimum Gasteiger partial charge on any atom is -0.378 e. The molecule has 0 saturated carbocycles. The van der Waals surface area contributed by atoms with Crippen LogP contribution in [0.25, 0.3) is 12.2 Å². The average molecular weight is 223 g/mol. The van der Waals surface area contributed by atoms with E-state index in [1.165, 1.54) is 16.8 Å². The van der Waals surface area contributed by atoms with Gasteiger partial charge in [0.2, 0.25) is 0 Å². The molecule has 0 radical (unpaired) electrons. The van der Waals surface area contributed by atoms with Crippen molar-refractivity contribution in [3.63, 3.8) is 0 Å². The quantitative estimate of drug-likeness (QED) is 0.713. The van der Waals surface area contributed by atoms with Gasteiger partial charge in [-0.15, -0.1) is 0 Å². The van der Waals surface area contributed by atoms with Gasteiger partial charge in [0.1, 0.15) is 0 Å². The molecule has 0 heterocycles. The number of anilines is 1. The summed E-state index contributed by atoms with van der Waals surface area (Å²) in [6.45, 7) is 0. The van der Waals surface area contributed by atoms with E-state index in [9.17, 15) is 0 Å². The van der Waals surface area contributed by atoms with Crippen molar-refractivity contribution >= 4 is 17.8 Å². The van der Waals surface area contributed by atoms with E-state index in [0.717, 1.165) is 0 Å². The second-order valence-corrected chi connectivity index (χ2v) is 4.23. The van der Waals surface area contributed by atoms with Crippen LogP contribution >= 0.6 is 0 Å². The van der Waals surface area contributed by atoms with Gasteiger partial charge in [-0.3, -0.25) is 0 Å². The molecule has 0 unspecified atom stereocenters. The number of rotatable bonds is 3. The van der Waals surface area contributed by atoms with Gasteiger partial charge in [0.15, 0.2) is 0 Å². The second kappa shape index (κ2) is 5.35. The van der Waals surface area contributed by atoms with E-state index in [0.29, 0.717) is 0 Å². The molecule has 1 heteroatoms. The van der Waals surface area contributed by atoms with Crippen LogP contribution in [0, 0.1) is 0 Å². The van der Waals surface area contributed by atoms with Crippen molar-refractivity contribution in [2.45, 2.75) is 0 Å². The van der Waals surface area contributed by atoms with E-state index in [-0.39, 0.29) is 0 Å². The van der Waals surface area contributed by atoms with Crippen LogP contribution in [0.2, 0.25) is 0 Å². The fraction of sp³-hybridized carbons (Fsp3) is 0.125. The summed E-state index contributed by atoms with van der Waals surface area (Å²) in [7, 11) is 4.11. The first-order chi connectivity index (χ1) is 8.25. The van der Waals surface area contributed by atoms with Crippen LogP contribution in [-0.2, 0) is 0 Å². The minimum absolute atomic E-state index is 1.22. The molecule has 2 aromatic carbocycles. The third-order valence-corrected chi connectivity index (χ3v) is 2.65. The molecule has 0 amide bonds. The highest BCUT2D eigenvalue weighted by Crippen LogP contribution is 2.15. The Balaban J connectivity index is 2.19. The Morgan fingerprint density at radius 3 is 2.12 bits per heavy atom. The van der Waals surface area contributed by atoms with Gasteiger partial charge in [0.05, 0.1) is 0 Å². The lowest BCUT2D eigenvalue weighted by molar-refractivity contribution is 1.13. The van der Waals surface area contributed by atoms with Crippen molar-refractivity contribution in [2.75, 3.05) is 19.0 Å². The van der Waals surface area contributed by atoms with Crippen molar-refractivity contribution in [3.8, 4) is 0 Å². The molecule has 2 rings (SSSR count).